The van der Waals surface area contributed by atoms with Gasteiger partial charge in [0.25, 0.3) is 5.91 Å². The summed E-state index contributed by atoms with van der Waals surface area (Å²) in [5, 5.41) is 4.85. The Morgan fingerprint density at radius 3 is 2.86 bits per heavy atom. The van der Waals surface area contributed by atoms with Crippen LogP contribution >= 0.6 is 0 Å². The van der Waals surface area contributed by atoms with Crippen molar-refractivity contribution in [2.45, 2.75) is 32.0 Å². The van der Waals surface area contributed by atoms with Gasteiger partial charge in [-0.05, 0) is 23.6 Å². The summed E-state index contributed by atoms with van der Waals surface area (Å²) in [6.45, 7) is 0.735. The Labute approximate surface area is 126 Å². The number of hydrogen-bond donors (Lipinski definition) is 2. The van der Waals surface area contributed by atoms with E-state index in [9.17, 15) is 19.2 Å². The van der Waals surface area contributed by atoms with E-state index < -0.39 is 11.9 Å². The molecule has 22 heavy (non-hydrogen) atoms. The minimum atomic E-state index is -0.603. The van der Waals surface area contributed by atoms with Crippen molar-refractivity contribution in [1.29, 1.82) is 0 Å². The molecule has 1 atom stereocenters. The van der Waals surface area contributed by atoms with Crippen molar-refractivity contribution >= 4 is 24.1 Å². The molecular weight excluding hydrogens is 286 g/mol. The number of hydrogen-bond acceptors (Lipinski definition) is 4. The van der Waals surface area contributed by atoms with Gasteiger partial charge in [-0.2, -0.15) is 0 Å². The summed E-state index contributed by atoms with van der Waals surface area (Å²) in [7, 11) is 0. The number of nitrogens with zero attached hydrogens (tertiary/aromatic N) is 1. The first-order valence-corrected chi connectivity index (χ1v) is 7.03. The van der Waals surface area contributed by atoms with Gasteiger partial charge in [-0.25, -0.2) is 0 Å². The zero-order chi connectivity index (χ0) is 15.7. The van der Waals surface area contributed by atoms with E-state index in [1.807, 2.05) is 6.07 Å². The van der Waals surface area contributed by atoms with E-state index in [1.54, 1.807) is 12.1 Å². The molecule has 114 valence electrons. The van der Waals surface area contributed by atoms with Gasteiger partial charge in [0.15, 0.2) is 0 Å². The van der Waals surface area contributed by atoms with Crippen LogP contribution in [0.3, 0.4) is 0 Å². The lowest BCUT2D eigenvalue weighted by molar-refractivity contribution is -0.136. The summed E-state index contributed by atoms with van der Waals surface area (Å²) in [6, 6.07) is 4.75. The standard InChI is InChI=1S/C15H15N3O4/c19-8-16-6-9-1-2-11-10(5-9)7-18(15(11)22)12-3-4-13(20)17-14(12)21/h1-2,5,8,12H,3-4,6-7H2,(H,16,19)(H,17,20,21). The largest absolute Gasteiger partial charge is 0.355 e. The molecule has 7 nitrogen and oxygen atoms in total. The Kier molecular flexibility index (Phi) is 3.62. The highest BCUT2D eigenvalue weighted by Gasteiger charge is 2.38. The third-order valence-corrected chi connectivity index (χ3v) is 3.98. The van der Waals surface area contributed by atoms with Gasteiger partial charge >= 0.3 is 0 Å². The number of benzene rings is 1. The summed E-state index contributed by atoms with van der Waals surface area (Å²) in [4.78, 5) is 47.4. The predicted octanol–water partition coefficient (Wildman–Crippen LogP) is -0.306. The molecule has 4 amide bonds. The average Bonchev–Trinajstić information content (AvgIpc) is 2.82. The van der Waals surface area contributed by atoms with Crippen molar-refractivity contribution in [3.05, 3.63) is 34.9 Å². The van der Waals surface area contributed by atoms with Crippen molar-refractivity contribution in [3.63, 3.8) is 0 Å². The van der Waals surface area contributed by atoms with Crippen LogP contribution in [0.4, 0.5) is 0 Å². The molecule has 2 N–H and O–H groups in total. The van der Waals surface area contributed by atoms with Crippen LogP contribution in [0.5, 0.6) is 0 Å². The molecule has 0 saturated carbocycles. The maximum absolute atomic E-state index is 12.4. The first kappa shape index (κ1) is 14.2. The van der Waals surface area contributed by atoms with Crippen molar-refractivity contribution in [1.82, 2.24) is 15.5 Å². The van der Waals surface area contributed by atoms with E-state index >= 15 is 0 Å². The number of piperidine rings is 1. The van der Waals surface area contributed by atoms with Gasteiger partial charge < -0.3 is 10.2 Å². The van der Waals surface area contributed by atoms with Crippen molar-refractivity contribution in [2.75, 3.05) is 0 Å². The number of nitrogens with one attached hydrogen (secondary N) is 2. The van der Waals surface area contributed by atoms with E-state index in [2.05, 4.69) is 10.6 Å². The topological polar surface area (TPSA) is 95.6 Å². The normalized spacial score (nSPS) is 20.6. The summed E-state index contributed by atoms with van der Waals surface area (Å²) in [6.07, 6.45) is 1.21. The van der Waals surface area contributed by atoms with Gasteiger partial charge in [0.1, 0.15) is 6.04 Å². The number of rotatable bonds is 4. The molecule has 2 aliphatic rings. The smallest absolute Gasteiger partial charge is 0.255 e. The molecular formula is C15H15N3O4. The van der Waals surface area contributed by atoms with Gasteiger partial charge in [-0.3, -0.25) is 24.5 Å². The zero-order valence-electron chi connectivity index (χ0n) is 11.8. The quantitative estimate of drug-likeness (QED) is 0.589. The molecule has 0 radical (unpaired) electrons. The highest BCUT2D eigenvalue weighted by Crippen LogP contribution is 2.28. The number of amides is 4. The van der Waals surface area contributed by atoms with Gasteiger partial charge in [-0.1, -0.05) is 12.1 Å². The second-order valence-corrected chi connectivity index (χ2v) is 5.39. The van der Waals surface area contributed by atoms with Gasteiger partial charge in [-0.15, -0.1) is 0 Å². The van der Waals surface area contributed by atoms with E-state index in [0.717, 1.165) is 11.1 Å². The maximum Gasteiger partial charge on any atom is 0.255 e. The maximum atomic E-state index is 12.4. The Morgan fingerprint density at radius 2 is 2.14 bits per heavy atom. The molecule has 0 spiro atoms. The van der Waals surface area contributed by atoms with Crippen LogP contribution in [0.25, 0.3) is 0 Å². The molecule has 2 aliphatic heterocycles. The lowest BCUT2D eigenvalue weighted by Gasteiger charge is -2.29. The van der Waals surface area contributed by atoms with Crippen LogP contribution < -0.4 is 10.6 Å². The van der Waals surface area contributed by atoms with Crippen LogP contribution in [-0.2, 0) is 27.5 Å². The molecule has 0 bridgehead atoms. The molecule has 1 saturated heterocycles. The third kappa shape index (κ3) is 2.45. The summed E-state index contributed by atoms with van der Waals surface area (Å²) in [5.74, 6) is -0.910. The zero-order valence-corrected chi connectivity index (χ0v) is 11.8. The van der Waals surface area contributed by atoms with E-state index in [1.165, 1.54) is 4.90 Å². The number of carbonyl (C=O) groups is 4. The first-order valence-electron chi connectivity index (χ1n) is 7.03. The lowest BCUT2D eigenvalue weighted by Crippen LogP contribution is -2.52. The van der Waals surface area contributed by atoms with Crippen molar-refractivity contribution in [3.8, 4) is 0 Å². The van der Waals surface area contributed by atoms with Gasteiger partial charge in [0.05, 0.1) is 0 Å². The summed E-state index contributed by atoms with van der Waals surface area (Å²) < 4.78 is 0. The molecule has 1 aromatic carbocycles. The third-order valence-electron chi connectivity index (χ3n) is 3.98. The molecule has 1 aromatic rings. The fraction of sp³-hybridized carbons (Fsp3) is 0.333. The van der Waals surface area contributed by atoms with Gasteiger partial charge in [0, 0.05) is 25.1 Å². The molecule has 1 fully saturated rings. The molecule has 0 aromatic heterocycles. The van der Waals surface area contributed by atoms with Gasteiger partial charge in [0.2, 0.25) is 18.2 Å². The summed E-state index contributed by atoms with van der Waals surface area (Å²) in [5.41, 5.74) is 2.29. The molecule has 2 heterocycles. The predicted molar refractivity (Wildman–Crippen MR) is 75.4 cm³/mol. The van der Waals surface area contributed by atoms with Crippen LogP contribution in [-0.4, -0.2) is 35.1 Å². The van der Waals surface area contributed by atoms with E-state index in [4.69, 9.17) is 0 Å². The number of fused-ring (bicyclic) bond motifs is 1. The van der Waals surface area contributed by atoms with Crippen LogP contribution in [0.2, 0.25) is 0 Å². The van der Waals surface area contributed by atoms with Crippen LogP contribution in [0, 0.1) is 0 Å². The van der Waals surface area contributed by atoms with Crippen molar-refractivity contribution < 1.29 is 19.2 Å². The Bertz CT molecular complexity index is 671. The Morgan fingerprint density at radius 1 is 1.32 bits per heavy atom. The fourth-order valence-electron chi connectivity index (χ4n) is 2.90. The van der Waals surface area contributed by atoms with E-state index in [0.29, 0.717) is 31.5 Å². The summed E-state index contributed by atoms with van der Waals surface area (Å²) >= 11 is 0. The second-order valence-electron chi connectivity index (χ2n) is 5.39. The highest BCUT2D eigenvalue weighted by atomic mass is 16.2. The van der Waals surface area contributed by atoms with Crippen molar-refractivity contribution in [2.24, 2.45) is 0 Å². The van der Waals surface area contributed by atoms with E-state index in [-0.39, 0.29) is 18.2 Å². The monoisotopic (exact) mass is 301 g/mol. The first-order chi connectivity index (χ1) is 10.6. The molecule has 7 heteroatoms. The molecule has 0 aliphatic carbocycles. The number of imide groups is 1. The van der Waals surface area contributed by atoms with Crippen LogP contribution in [0.15, 0.2) is 18.2 Å². The SMILES string of the molecule is O=CNCc1ccc2c(c1)CN(C1CCC(=O)NC1=O)C2=O. The van der Waals surface area contributed by atoms with Crippen LogP contribution in [0.1, 0.15) is 34.3 Å². The lowest BCUT2D eigenvalue weighted by atomic mass is 10.0. The number of carbonyl (C=O) groups excluding carboxylic acids is 4. The average molecular weight is 301 g/mol. The fourth-order valence-corrected chi connectivity index (χ4v) is 2.90. The Balaban J connectivity index is 1.80. The molecule has 1 unspecified atom stereocenters. The minimum Gasteiger partial charge on any atom is -0.355 e. The highest BCUT2D eigenvalue weighted by molar-refractivity contribution is 6.05. The minimum absolute atomic E-state index is 0.195. The molecule has 3 rings (SSSR count). The second kappa shape index (κ2) is 5.59. The Hall–Kier alpha value is -2.70.